The van der Waals surface area contributed by atoms with Crippen molar-refractivity contribution in [3.8, 4) is 22.4 Å². The summed E-state index contributed by atoms with van der Waals surface area (Å²) >= 11 is 0. The van der Waals surface area contributed by atoms with Crippen LogP contribution in [0.5, 0.6) is 0 Å². The number of aryl methyl sites for hydroxylation is 1. The van der Waals surface area contributed by atoms with Crippen molar-refractivity contribution in [3.63, 3.8) is 0 Å². The van der Waals surface area contributed by atoms with E-state index in [4.69, 9.17) is 14.5 Å². The van der Waals surface area contributed by atoms with Crippen LogP contribution in [0.4, 0.5) is 5.69 Å². The van der Waals surface area contributed by atoms with Gasteiger partial charge in [-0.3, -0.25) is 4.79 Å². The van der Waals surface area contributed by atoms with Crippen LogP contribution < -0.4 is 4.90 Å². The summed E-state index contributed by atoms with van der Waals surface area (Å²) in [4.78, 5) is 25.4. The fourth-order valence-electron chi connectivity index (χ4n) is 5.47. The average Bonchev–Trinajstić information content (AvgIpc) is 3.35. The largest absolute Gasteiger partial charge is 0.486 e. The number of nitrogens with one attached hydrogen (secondary N) is 1. The molecule has 2 fully saturated rings. The van der Waals surface area contributed by atoms with E-state index in [1.165, 1.54) is 11.8 Å². The van der Waals surface area contributed by atoms with E-state index in [9.17, 15) is 4.79 Å². The van der Waals surface area contributed by atoms with E-state index in [0.717, 1.165) is 76.3 Å². The minimum Gasteiger partial charge on any atom is -0.486 e. The lowest BCUT2D eigenvalue weighted by Crippen LogP contribution is -2.44. The van der Waals surface area contributed by atoms with E-state index in [2.05, 4.69) is 83.5 Å². The van der Waals surface area contributed by atoms with Gasteiger partial charge in [-0.1, -0.05) is 43.5 Å². The molecule has 6 rings (SSSR count). The van der Waals surface area contributed by atoms with Crippen molar-refractivity contribution in [3.05, 3.63) is 90.7 Å². The number of benzene rings is 2. The molecule has 7 nitrogen and oxygen atoms in total. The molecular formula is C34H36N4O3. The number of nitrogens with zero attached hydrogens (tertiary/aromatic N) is 3. The van der Waals surface area contributed by atoms with Crippen LogP contribution in [0.3, 0.4) is 0 Å². The van der Waals surface area contributed by atoms with Gasteiger partial charge in [0.25, 0.3) is 0 Å². The van der Waals surface area contributed by atoms with Crippen molar-refractivity contribution < 1.29 is 14.3 Å². The second kappa shape index (κ2) is 11.4. The number of hydrogen-bond acceptors (Lipinski definition) is 6. The molecule has 2 aromatic heterocycles. The maximum Gasteiger partial charge on any atom is 0.159 e. The molecule has 0 amide bonds. The Kier molecular flexibility index (Phi) is 7.47. The maximum atomic E-state index is 12.3. The predicted molar refractivity (Wildman–Crippen MR) is 165 cm³/mol. The number of carbonyl (C=O) groups is 1. The molecule has 4 heterocycles. The van der Waals surface area contributed by atoms with Crippen LogP contribution in [-0.4, -0.2) is 73.2 Å². The van der Waals surface area contributed by atoms with Gasteiger partial charge in [-0.15, -0.1) is 0 Å². The SMILES string of the molecule is C=CC(=O)Cc1cc(-c2c(-c3ccc(N4CCN(C)CC4)cc3)[nH]c3ncc(C(=C)OC4COC4)cc23)ccc1C. The van der Waals surface area contributed by atoms with Gasteiger partial charge in [0.15, 0.2) is 5.78 Å². The molecule has 0 atom stereocenters. The monoisotopic (exact) mass is 548 g/mol. The van der Waals surface area contributed by atoms with Crippen molar-refractivity contribution in [1.82, 2.24) is 14.9 Å². The highest BCUT2D eigenvalue weighted by atomic mass is 16.6. The number of rotatable bonds is 9. The van der Waals surface area contributed by atoms with E-state index in [1.54, 1.807) is 6.20 Å². The highest BCUT2D eigenvalue weighted by Crippen LogP contribution is 2.40. The number of ether oxygens (including phenoxy) is 2. The van der Waals surface area contributed by atoms with Gasteiger partial charge >= 0.3 is 0 Å². The highest BCUT2D eigenvalue weighted by molar-refractivity contribution is 6.03. The number of aromatic amines is 1. The Hall–Kier alpha value is -4.20. The second-order valence-corrected chi connectivity index (χ2v) is 11.0. The van der Waals surface area contributed by atoms with E-state index >= 15 is 0 Å². The van der Waals surface area contributed by atoms with Gasteiger partial charge in [0.1, 0.15) is 17.5 Å². The third-order valence-corrected chi connectivity index (χ3v) is 8.14. The van der Waals surface area contributed by atoms with E-state index in [-0.39, 0.29) is 11.9 Å². The number of aromatic nitrogens is 2. The number of piperazine rings is 1. The Morgan fingerprint density at radius 2 is 1.83 bits per heavy atom. The van der Waals surface area contributed by atoms with Gasteiger partial charge in [-0.2, -0.15) is 0 Å². The summed E-state index contributed by atoms with van der Waals surface area (Å²) in [6.07, 6.45) is 3.53. The quantitative estimate of drug-likeness (QED) is 0.216. The van der Waals surface area contributed by atoms with Gasteiger partial charge in [-0.05, 0) is 60.5 Å². The molecule has 2 aliphatic rings. The first-order chi connectivity index (χ1) is 19.9. The molecule has 2 saturated heterocycles. The van der Waals surface area contributed by atoms with Crippen LogP contribution in [-0.2, 0) is 20.7 Å². The number of likely N-dealkylation sites (N-methyl/N-ethyl adjacent to an activating group) is 1. The zero-order chi connectivity index (χ0) is 28.5. The van der Waals surface area contributed by atoms with Crippen molar-refractivity contribution in [2.45, 2.75) is 19.4 Å². The number of carbonyl (C=O) groups excluding carboxylic acids is 1. The Morgan fingerprint density at radius 1 is 1.10 bits per heavy atom. The maximum absolute atomic E-state index is 12.3. The minimum atomic E-state index is 0.00118. The van der Waals surface area contributed by atoms with E-state index < -0.39 is 0 Å². The van der Waals surface area contributed by atoms with E-state index in [0.29, 0.717) is 25.4 Å². The third kappa shape index (κ3) is 5.56. The van der Waals surface area contributed by atoms with Crippen LogP contribution >= 0.6 is 0 Å². The number of H-pyrrole nitrogens is 1. The molecule has 0 saturated carbocycles. The van der Waals surface area contributed by atoms with Crippen molar-refractivity contribution in [1.29, 1.82) is 0 Å². The summed E-state index contributed by atoms with van der Waals surface area (Å²) in [5.41, 5.74) is 9.01. The lowest BCUT2D eigenvalue weighted by molar-refractivity contribution is -0.114. The molecule has 210 valence electrons. The number of hydrogen-bond donors (Lipinski definition) is 1. The number of pyridine rings is 1. The van der Waals surface area contributed by atoms with Crippen LogP contribution in [0.2, 0.25) is 0 Å². The Labute approximate surface area is 241 Å². The molecule has 2 aromatic carbocycles. The summed E-state index contributed by atoms with van der Waals surface area (Å²) in [5.74, 6) is 0.584. The minimum absolute atomic E-state index is 0.00118. The molecule has 41 heavy (non-hydrogen) atoms. The molecule has 7 heteroatoms. The molecule has 4 aromatic rings. The normalized spacial score (nSPS) is 16.0. The van der Waals surface area contributed by atoms with E-state index in [1.807, 2.05) is 6.92 Å². The molecule has 1 N–H and O–H groups in total. The Morgan fingerprint density at radius 3 is 2.51 bits per heavy atom. The van der Waals surface area contributed by atoms with Gasteiger partial charge in [0.2, 0.25) is 0 Å². The number of ketones is 1. The molecule has 0 spiro atoms. The summed E-state index contributed by atoms with van der Waals surface area (Å²) in [6, 6.07) is 17.2. The predicted octanol–water partition coefficient (Wildman–Crippen LogP) is 5.64. The summed E-state index contributed by atoms with van der Waals surface area (Å²) in [6.45, 7) is 15.2. The summed E-state index contributed by atoms with van der Waals surface area (Å²) in [5, 5.41) is 0.972. The molecule has 0 bridgehead atoms. The first kappa shape index (κ1) is 27.0. The topological polar surface area (TPSA) is 70.7 Å². The molecule has 0 unspecified atom stereocenters. The highest BCUT2D eigenvalue weighted by Gasteiger charge is 2.23. The number of anilines is 1. The third-order valence-electron chi connectivity index (χ3n) is 8.14. The Balaban J connectivity index is 1.43. The van der Waals surface area contributed by atoms with Crippen molar-refractivity contribution in [2.75, 3.05) is 51.3 Å². The zero-order valence-corrected chi connectivity index (χ0v) is 23.8. The molecule has 0 aliphatic carbocycles. The van der Waals surface area contributed by atoms with Crippen LogP contribution in [0.15, 0.2) is 74.0 Å². The zero-order valence-electron chi connectivity index (χ0n) is 23.8. The fourth-order valence-corrected chi connectivity index (χ4v) is 5.47. The summed E-state index contributed by atoms with van der Waals surface area (Å²) in [7, 11) is 2.17. The second-order valence-electron chi connectivity index (χ2n) is 11.0. The lowest BCUT2D eigenvalue weighted by atomic mass is 9.93. The van der Waals surface area contributed by atoms with Crippen molar-refractivity contribution >= 4 is 28.3 Å². The first-order valence-corrected chi connectivity index (χ1v) is 14.1. The van der Waals surface area contributed by atoms with Crippen LogP contribution in [0.25, 0.3) is 39.2 Å². The molecule has 0 radical (unpaired) electrons. The number of allylic oxidation sites excluding steroid dienone is 1. The standard InChI is InChI=1S/C34H36N4O3/c1-5-29(39)17-26-16-25(7-6-22(26)2)32-31-18-27(23(3)41-30-20-40-21-30)19-35-34(31)36-33(32)24-8-10-28(11-9-24)38-14-12-37(4)13-15-38/h5-11,16,18-19,30H,1,3,12-15,17,20-21H2,2,4H3,(H,35,36). The molecular weight excluding hydrogens is 512 g/mol. The first-order valence-electron chi connectivity index (χ1n) is 14.1. The smallest absolute Gasteiger partial charge is 0.159 e. The van der Waals surface area contributed by atoms with Gasteiger partial charge in [-0.25, -0.2) is 4.98 Å². The van der Waals surface area contributed by atoms with Crippen molar-refractivity contribution in [2.24, 2.45) is 0 Å². The fraction of sp³-hybridized carbons (Fsp3) is 0.294. The van der Waals surface area contributed by atoms with Crippen LogP contribution in [0.1, 0.15) is 16.7 Å². The summed E-state index contributed by atoms with van der Waals surface area (Å²) < 4.78 is 11.3. The average molecular weight is 549 g/mol. The molecule has 2 aliphatic heterocycles. The Bertz CT molecular complexity index is 1610. The lowest BCUT2D eigenvalue weighted by Gasteiger charge is -2.34. The van der Waals surface area contributed by atoms with Gasteiger partial charge in [0, 0.05) is 61.0 Å². The van der Waals surface area contributed by atoms with Crippen LogP contribution in [0, 0.1) is 6.92 Å². The van der Waals surface area contributed by atoms with Gasteiger partial charge in [0.05, 0.1) is 18.9 Å². The van der Waals surface area contributed by atoms with Gasteiger partial charge < -0.3 is 24.3 Å². The number of fused-ring (bicyclic) bond motifs is 1.